The van der Waals surface area contributed by atoms with E-state index in [0.29, 0.717) is 44.6 Å². The predicted octanol–water partition coefficient (Wildman–Crippen LogP) is 13.7. The lowest BCUT2D eigenvalue weighted by atomic mass is 9.90. The zero-order valence-corrected chi connectivity index (χ0v) is 29.2. The Balaban J connectivity index is 1.41. The van der Waals surface area contributed by atoms with Crippen molar-refractivity contribution in [2.45, 2.75) is 12.4 Å². The summed E-state index contributed by atoms with van der Waals surface area (Å²) in [5.41, 5.74) is 4.62. The fraction of sp³-hybridized carbons (Fsp3) is 0.0426. The lowest BCUT2D eigenvalue weighted by molar-refractivity contribution is -0.143. The van der Waals surface area contributed by atoms with Crippen molar-refractivity contribution >= 4 is 32.7 Å². The third-order valence-corrected chi connectivity index (χ3v) is 9.84. The van der Waals surface area contributed by atoms with Crippen LogP contribution in [-0.4, -0.2) is 15.0 Å². The summed E-state index contributed by atoms with van der Waals surface area (Å²) in [6, 6.07) is 47.0. The van der Waals surface area contributed by atoms with Crippen molar-refractivity contribution in [1.29, 1.82) is 0 Å². The van der Waals surface area contributed by atoms with E-state index in [-0.39, 0.29) is 17.2 Å². The summed E-state index contributed by atoms with van der Waals surface area (Å²) in [7, 11) is 0. The molecule has 0 saturated heterocycles. The number of pyridine rings is 1. The first kappa shape index (κ1) is 34.9. The number of benzene rings is 7. The summed E-state index contributed by atoms with van der Waals surface area (Å²) in [5, 5.41) is 2.31. The molecular formula is C47H27F6N3. The Labute approximate surface area is 316 Å². The molecule has 0 radical (unpaired) electrons. The highest BCUT2D eigenvalue weighted by Gasteiger charge is 2.37. The number of fused-ring (bicyclic) bond motifs is 5. The van der Waals surface area contributed by atoms with E-state index in [2.05, 4.69) is 0 Å². The number of para-hydroxylation sites is 1. The van der Waals surface area contributed by atoms with Crippen LogP contribution >= 0.6 is 0 Å². The maximum absolute atomic E-state index is 13.9. The SMILES string of the molecule is FC(F)(F)c1cc(-c2cccc(-c3nc4ccccc4c4c(-c5ccccc5)cc5nc(-c6ccccc6)c(-c6ccccc6)nc5c34)c2)cc(C(F)(F)F)c1. The Morgan fingerprint density at radius 3 is 1.45 bits per heavy atom. The topological polar surface area (TPSA) is 38.7 Å². The standard InChI is InChI=1S/C47H27F6N3/c48-46(49,50)34-24-33(25-35(26-34)47(51,52)53)31-19-12-20-32(23-31)42-41-40(36-21-10-11-22-38(36)54-42)37(28-13-4-1-5-14-28)27-39-45(41)56-44(30-17-8-3-9-18-30)43(55-39)29-15-6-2-7-16-29/h1-27H. The van der Waals surface area contributed by atoms with E-state index in [1.165, 1.54) is 6.07 Å². The van der Waals surface area contributed by atoms with Gasteiger partial charge in [-0.25, -0.2) is 15.0 Å². The second-order valence-corrected chi connectivity index (χ2v) is 13.4. The van der Waals surface area contributed by atoms with Gasteiger partial charge in [-0.1, -0.05) is 127 Å². The molecule has 272 valence electrons. The van der Waals surface area contributed by atoms with Crippen molar-refractivity contribution in [3.05, 3.63) is 175 Å². The first-order chi connectivity index (χ1) is 27.0. The smallest absolute Gasteiger partial charge is 0.247 e. The Morgan fingerprint density at radius 1 is 0.339 bits per heavy atom. The molecule has 56 heavy (non-hydrogen) atoms. The highest BCUT2D eigenvalue weighted by molar-refractivity contribution is 6.25. The maximum atomic E-state index is 13.9. The number of halogens is 6. The van der Waals surface area contributed by atoms with Crippen LogP contribution in [0.2, 0.25) is 0 Å². The molecule has 0 amide bonds. The normalized spacial score (nSPS) is 12.1. The van der Waals surface area contributed by atoms with Gasteiger partial charge in [0.05, 0.1) is 44.8 Å². The van der Waals surface area contributed by atoms with Crippen LogP contribution in [0, 0.1) is 0 Å². The Hall–Kier alpha value is -6.87. The Morgan fingerprint density at radius 2 is 0.839 bits per heavy atom. The lowest BCUT2D eigenvalue weighted by Crippen LogP contribution is -2.11. The molecule has 9 aromatic rings. The Bertz CT molecular complexity index is 2890. The quantitative estimate of drug-likeness (QED) is 0.130. The van der Waals surface area contributed by atoms with Gasteiger partial charge in [0.25, 0.3) is 0 Å². The van der Waals surface area contributed by atoms with Gasteiger partial charge >= 0.3 is 12.4 Å². The van der Waals surface area contributed by atoms with Crippen molar-refractivity contribution in [2.24, 2.45) is 0 Å². The molecular weight excluding hydrogens is 721 g/mol. The largest absolute Gasteiger partial charge is 0.416 e. The summed E-state index contributed by atoms with van der Waals surface area (Å²) in [6.07, 6.45) is -9.99. The average Bonchev–Trinajstić information content (AvgIpc) is 3.22. The number of alkyl halides is 6. The van der Waals surface area contributed by atoms with E-state index < -0.39 is 23.5 Å². The minimum Gasteiger partial charge on any atom is -0.247 e. The Kier molecular flexibility index (Phi) is 8.38. The van der Waals surface area contributed by atoms with Crippen molar-refractivity contribution in [3.8, 4) is 56.0 Å². The monoisotopic (exact) mass is 747 g/mol. The average molecular weight is 748 g/mol. The van der Waals surface area contributed by atoms with Gasteiger partial charge in [-0.15, -0.1) is 0 Å². The van der Waals surface area contributed by atoms with E-state index in [0.717, 1.165) is 45.2 Å². The van der Waals surface area contributed by atoms with Gasteiger partial charge in [-0.2, -0.15) is 26.3 Å². The first-order valence-electron chi connectivity index (χ1n) is 17.7. The zero-order valence-electron chi connectivity index (χ0n) is 29.2. The van der Waals surface area contributed by atoms with Crippen LogP contribution in [0.15, 0.2) is 164 Å². The van der Waals surface area contributed by atoms with E-state index in [9.17, 15) is 26.3 Å². The predicted molar refractivity (Wildman–Crippen MR) is 210 cm³/mol. The lowest BCUT2D eigenvalue weighted by Gasteiger charge is -2.19. The molecule has 0 aliphatic carbocycles. The van der Waals surface area contributed by atoms with Gasteiger partial charge in [0.15, 0.2) is 0 Å². The summed E-state index contributed by atoms with van der Waals surface area (Å²) >= 11 is 0. The fourth-order valence-corrected chi connectivity index (χ4v) is 7.28. The highest BCUT2D eigenvalue weighted by atomic mass is 19.4. The molecule has 0 saturated carbocycles. The molecule has 0 spiro atoms. The fourth-order valence-electron chi connectivity index (χ4n) is 7.28. The van der Waals surface area contributed by atoms with Crippen LogP contribution < -0.4 is 0 Å². The van der Waals surface area contributed by atoms with Crippen molar-refractivity contribution < 1.29 is 26.3 Å². The number of hydrogen-bond acceptors (Lipinski definition) is 3. The number of aromatic nitrogens is 3. The summed E-state index contributed by atoms with van der Waals surface area (Å²) in [4.78, 5) is 15.8. The van der Waals surface area contributed by atoms with Crippen LogP contribution in [-0.2, 0) is 12.4 Å². The number of rotatable bonds is 5. The van der Waals surface area contributed by atoms with Gasteiger partial charge in [-0.05, 0) is 58.7 Å². The highest BCUT2D eigenvalue weighted by Crippen LogP contribution is 2.45. The first-order valence-corrected chi connectivity index (χ1v) is 17.7. The summed E-state index contributed by atoms with van der Waals surface area (Å²) in [6.45, 7) is 0. The van der Waals surface area contributed by atoms with Gasteiger partial charge in [-0.3, -0.25) is 0 Å². The van der Waals surface area contributed by atoms with Crippen molar-refractivity contribution in [1.82, 2.24) is 15.0 Å². The van der Waals surface area contributed by atoms with Crippen molar-refractivity contribution in [3.63, 3.8) is 0 Å². The van der Waals surface area contributed by atoms with Gasteiger partial charge < -0.3 is 0 Å². The molecule has 9 heteroatoms. The molecule has 0 aliphatic heterocycles. The van der Waals surface area contributed by atoms with Crippen molar-refractivity contribution in [2.75, 3.05) is 0 Å². The molecule has 2 aromatic heterocycles. The molecule has 3 nitrogen and oxygen atoms in total. The second-order valence-electron chi connectivity index (χ2n) is 13.4. The van der Waals surface area contributed by atoms with Crippen LogP contribution in [0.1, 0.15) is 11.1 Å². The van der Waals surface area contributed by atoms with Gasteiger partial charge in [0, 0.05) is 32.8 Å². The molecule has 9 rings (SSSR count). The van der Waals surface area contributed by atoms with Crippen LogP contribution in [0.5, 0.6) is 0 Å². The molecule has 0 aliphatic rings. The van der Waals surface area contributed by atoms with E-state index in [1.54, 1.807) is 18.2 Å². The minimum atomic E-state index is -5.00. The molecule has 2 heterocycles. The molecule has 7 aromatic carbocycles. The molecule has 0 fully saturated rings. The zero-order chi connectivity index (χ0) is 38.6. The van der Waals surface area contributed by atoms with E-state index in [1.807, 2.05) is 121 Å². The van der Waals surface area contributed by atoms with E-state index >= 15 is 0 Å². The third kappa shape index (κ3) is 6.30. The van der Waals surface area contributed by atoms with E-state index in [4.69, 9.17) is 15.0 Å². The minimum absolute atomic E-state index is 0.135. The van der Waals surface area contributed by atoms with Gasteiger partial charge in [0.1, 0.15) is 0 Å². The second kappa shape index (κ2) is 13.5. The molecule has 0 atom stereocenters. The summed E-state index contributed by atoms with van der Waals surface area (Å²) < 4.78 is 83.7. The van der Waals surface area contributed by atoms with Crippen LogP contribution in [0.25, 0.3) is 88.7 Å². The van der Waals surface area contributed by atoms with Crippen LogP contribution in [0.4, 0.5) is 26.3 Å². The molecule has 0 unspecified atom stereocenters. The van der Waals surface area contributed by atoms with Gasteiger partial charge in [0.2, 0.25) is 0 Å². The molecule has 0 bridgehead atoms. The molecule has 0 N–H and O–H groups in total. The number of nitrogens with zero attached hydrogens (tertiary/aromatic N) is 3. The summed E-state index contributed by atoms with van der Waals surface area (Å²) in [5.74, 6) is 0. The number of hydrogen-bond donors (Lipinski definition) is 0. The third-order valence-electron chi connectivity index (χ3n) is 9.84. The van der Waals surface area contributed by atoms with Crippen LogP contribution in [0.3, 0.4) is 0 Å². The maximum Gasteiger partial charge on any atom is 0.416 e.